The summed E-state index contributed by atoms with van der Waals surface area (Å²) < 4.78 is 12.8. The summed E-state index contributed by atoms with van der Waals surface area (Å²) in [5.74, 6) is 0. The second-order valence-corrected chi connectivity index (χ2v) is 2.98. The molecule has 8 heavy (non-hydrogen) atoms. The number of phosphoric acid groups is 1. The Kier molecular flexibility index (Phi) is 14.3. The van der Waals surface area contributed by atoms with Gasteiger partial charge in [0.25, 0.3) is 0 Å². The van der Waals surface area contributed by atoms with Crippen LogP contribution in [0.5, 0.6) is 0 Å². The van der Waals surface area contributed by atoms with E-state index < -0.39 is 7.82 Å². The molecule has 4 nitrogen and oxygen atoms in total. The van der Waals surface area contributed by atoms with Crippen LogP contribution in [0.3, 0.4) is 0 Å². The minimum Gasteiger partial charge on any atom is -0.792 e. The number of hydrogen-bond donors (Lipinski definition) is 0. The second-order valence-electron chi connectivity index (χ2n) is 0.630. The third-order valence-corrected chi connectivity index (χ3v) is 2.01. The zero-order valence-electron chi connectivity index (χ0n) is 5.08. The van der Waals surface area contributed by atoms with Gasteiger partial charge in [0.05, 0.1) is 0 Å². The standard InChI is InChI=1S/Al.2Li.H3O4P.2H/c;;;1-5(2,3)4;;/h;;;(H3,1,2,3,4);;/q3*+1;;;/p-3. The average Bonchev–Trinajstić information content (AvgIpc) is 1.35. The van der Waals surface area contributed by atoms with Gasteiger partial charge in [-0.2, -0.15) is 0 Å². The fraction of sp³-hybridized carbons (Fsp3) is 0. The Labute approximate surface area is 79.7 Å². The predicted octanol–water partition coefficient (Wildman–Crippen LogP) is -8.61. The van der Waals surface area contributed by atoms with E-state index in [1.54, 1.807) is 0 Å². The Morgan fingerprint density at radius 3 is 1.50 bits per heavy atom. The first-order valence-corrected chi connectivity index (χ1v) is 3.42. The fourth-order valence-electron chi connectivity index (χ4n) is 0. The van der Waals surface area contributed by atoms with Gasteiger partial charge in [-0.3, -0.25) is 0 Å². The van der Waals surface area contributed by atoms with E-state index in [0.29, 0.717) is 0 Å². The summed E-state index contributed by atoms with van der Waals surface area (Å²) in [5, 5.41) is 0. The Hall–Kier alpha value is 1.84. The molecular weight excluding hydrogens is 136 g/mol. The Balaban J connectivity index is -0.000000125. The van der Waals surface area contributed by atoms with E-state index >= 15 is 0 Å². The molecule has 8 heteroatoms. The van der Waals surface area contributed by atoms with Gasteiger partial charge in [0.15, 0.2) is 0 Å². The van der Waals surface area contributed by atoms with E-state index in [2.05, 4.69) is 3.58 Å². The maximum atomic E-state index is 9.28. The van der Waals surface area contributed by atoms with Crippen LogP contribution in [0.25, 0.3) is 0 Å². The first-order chi connectivity index (χ1) is 2.56. The van der Waals surface area contributed by atoms with Crippen molar-refractivity contribution >= 4 is 24.4 Å². The summed E-state index contributed by atoms with van der Waals surface area (Å²) in [5.41, 5.74) is 0. The van der Waals surface area contributed by atoms with Crippen molar-refractivity contribution in [2.75, 3.05) is 0 Å². The Morgan fingerprint density at radius 2 is 1.50 bits per heavy atom. The SMILES string of the molecule is O=P([O-])([O-])[O][AlH2].[Li+].[Li+]. The molecule has 0 fully saturated rings. The van der Waals surface area contributed by atoms with Crippen molar-refractivity contribution in [3.63, 3.8) is 0 Å². The van der Waals surface area contributed by atoms with Crippen molar-refractivity contribution in [2.45, 2.75) is 0 Å². The molecule has 0 aromatic heterocycles. The molecule has 0 heterocycles. The maximum absolute atomic E-state index is 9.28. The van der Waals surface area contributed by atoms with Crippen LogP contribution in [-0.2, 0) is 8.14 Å². The summed E-state index contributed by atoms with van der Waals surface area (Å²) in [6.45, 7) is 0. The van der Waals surface area contributed by atoms with Gasteiger partial charge in [-0.25, -0.2) is 0 Å². The number of hydrogen-bond acceptors (Lipinski definition) is 4. The molecule has 0 aliphatic heterocycles. The molecule has 0 unspecified atom stereocenters. The second kappa shape index (κ2) is 6.95. The molecule has 0 radical (unpaired) electrons. The van der Waals surface area contributed by atoms with Gasteiger partial charge in [-0.1, -0.05) is 0 Å². The van der Waals surface area contributed by atoms with Crippen molar-refractivity contribution in [3.05, 3.63) is 0 Å². The summed E-state index contributed by atoms with van der Waals surface area (Å²) in [6.07, 6.45) is 0. The van der Waals surface area contributed by atoms with Crippen LogP contribution in [-0.4, -0.2) is 16.6 Å². The molecule has 0 aliphatic carbocycles. The van der Waals surface area contributed by atoms with Gasteiger partial charge in [0.2, 0.25) is 0 Å². The zero-order chi connectivity index (χ0) is 5.21. The van der Waals surface area contributed by atoms with Crippen LogP contribution in [0.2, 0.25) is 0 Å². The molecule has 0 atom stereocenters. The fourth-order valence-corrected chi connectivity index (χ4v) is 0. The van der Waals surface area contributed by atoms with E-state index in [1.165, 1.54) is 0 Å². The molecule has 0 aliphatic rings. The van der Waals surface area contributed by atoms with E-state index in [4.69, 9.17) is 0 Å². The van der Waals surface area contributed by atoms with Crippen LogP contribution >= 0.6 is 7.82 Å². The molecule has 0 bridgehead atoms. The van der Waals surface area contributed by atoms with Crippen LogP contribution in [0, 0.1) is 0 Å². The first kappa shape index (κ1) is 16.4. The van der Waals surface area contributed by atoms with Crippen molar-refractivity contribution in [1.29, 1.82) is 0 Å². The van der Waals surface area contributed by atoms with Crippen molar-refractivity contribution in [1.82, 2.24) is 0 Å². The molecule has 36 valence electrons. The van der Waals surface area contributed by atoms with E-state index in [1.807, 2.05) is 0 Å². The van der Waals surface area contributed by atoms with E-state index in [0.717, 1.165) is 0 Å². The van der Waals surface area contributed by atoms with E-state index in [-0.39, 0.29) is 54.3 Å². The molecule has 0 N–H and O–H groups in total. The summed E-state index contributed by atoms with van der Waals surface area (Å²) in [6, 6.07) is 0. The molecule has 0 amide bonds. The molecule has 0 saturated heterocycles. The smallest absolute Gasteiger partial charge is 0.792 e. The zero-order valence-corrected chi connectivity index (χ0v) is 7.97. The largest absolute Gasteiger partial charge is 1.00 e. The normalized spacial score (nSPS) is 8.75. The van der Waals surface area contributed by atoms with Crippen LogP contribution in [0.15, 0.2) is 0 Å². The van der Waals surface area contributed by atoms with Crippen LogP contribution in [0.4, 0.5) is 0 Å². The van der Waals surface area contributed by atoms with Gasteiger partial charge in [0.1, 0.15) is 0 Å². The van der Waals surface area contributed by atoms with Gasteiger partial charge >= 0.3 is 54.3 Å². The summed E-state index contributed by atoms with van der Waals surface area (Å²) in [4.78, 5) is 18.6. The quantitative estimate of drug-likeness (QED) is 0.266. The molecule has 0 aromatic carbocycles. The topological polar surface area (TPSA) is 72.4 Å². The monoisotopic (exact) mass is 138 g/mol. The minimum absolute atomic E-state index is 0. The van der Waals surface area contributed by atoms with Crippen molar-refractivity contribution < 1.29 is 55.6 Å². The van der Waals surface area contributed by atoms with Gasteiger partial charge in [0, 0.05) is 7.82 Å². The van der Waals surface area contributed by atoms with Crippen molar-refractivity contribution in [2.24, 2.45) is 0 Å². The van der Waals surface area contributed by atoms with Gasteiger partial charge < -0.3 is 17.9 Å². The Morgan fingerprint density at radius 1 is 1.38 bits per heavy atom. The Bertz CT molecular complexity index is 78.1. The van der Waals surface area contributed by atoms with E-state index in [9.17, 15) is 14.4 Å². The first-order valence-electron chi connectivity index (χ1n) is 1.14. The molecular formula is H2AlLi2O4P. The van der Waals surface area contributed by atoms with Crippen LogP contribution in [0.1, 0.15) is 0 Å². The average molecular weight is 138 g/mol. The molecule has 0 rings (SSSR count). The van der Waals surface area contributed by atoms with Crippen LogP contribution < -0.4 is 47.5 Å². The maximum Gasteiger partial charge on any atom is 1.00 e. The minimum atomic E-state index is -4.58. The molecule has 0 saturated carbocycles. The third kappa shape index (κ3) is 15.7. The predicted molar refractivity (Wildman–Crippen MR) is 17.2 cm³/mol. The van der Waals surface area contributed by atoms with Crippen molar-refractivity contribution in [3.8, 4) is 0 Å². The third-order valence-electron chi connectivity index (χ3n) is 0.224. The summed E-state index contributed by atoms with van der Waals surface area (Å²) in [7, 11) is -4.58. The molecule has 0 spiro atoms. The van der Waals surface area contributed by atoms with Gasteiger partial charge in [-0.05, 0) is 0 Å². The molecule has 0 aromatic rings. The summed E-state index contributed by atoms with van der Waals surface area (Å²) >= 11 is -0.0401. The van der Waals surface area contributed by atoms with Gasteiger partial charge in [-0.15, -0.1) is 0 Å². The number of rotatable bonds is 1.